The Kier molecular flexibility index (Phi) is 12.4. The lowest BCUT2D eigenvalue weighted by molar-refractivity contribution is -0.138. The molecule has 0 bridgehead atoms. The minimum atomic E-state index is -0.842. The van der Waals surface area contributed by atoms with Gasteiger partial charge >= 0.3 is 17.9 Å². The molecule has 0 aliphatic rings. The van der Waals surface area contributed by atoms with Gasteiger partial charge in [0.15, 0.2) is 0 Å². The lowest BCUT2D eigenvalue weighted by atomic mass is 10.0. The van der Waals surface area contributed by atoms with Crippen LogP contribution in [0.2, 0.25) is 0 Å². The highest BCUT2D eigenvalue weighted by Gasteiger charge is 2.20. The molecule has 0 radical (unpaired) electrons. The highest BCUT2D eigenvalue weighted by molar-refractivity contribution is 7.28. The van der Waals surface area contributed by atoms with Crippen LogP contribution < -0.4 is 0 Å². The zero-order valence-electron chi connectivity index (χ0n) is 29.2. The maximum atomic E-state index is 11.6. The Morgan fingerprint density at radius 3 is 1.24 bits per heavy atom. The van der Waals surface area contributed by atoms with Crippen molar-refractivity contribution in [1.29, 1.82) is 0 Å². The second-order valence-electron chi connectivity index (χ2n) is 12.8. The first-order valence-corrected chi connectivity index (χ1v) is 22.5. The molecule has 55 heavy (non-hydrogen) atoms. The fourth-order valence-electron chi connectivity index (χ4n) is 6.33. The van der Waals surface area contributed by atoms with Crippen LogP contribution in [0.5, 0.6) is 0 Å². The van der Waals surface area contributed by atoms with Gasteiger partial charge in [-0.05, 0) is 118 Å². The predicted molar refractivity (Wildman–Crippen MR) is 229 cm³/mol. The van der Waals surface area contributed by atoms with E-state index in [0.29, 0.717) is 32.1 Å². The zero-order valence-corrected chi connectivity index (χ0v) is 34.1. The van der Waals surface area contributed by atoms with Gasteiger partial charge in [0.25, 0.3) is 0 Å². The second kappa shape index (κ2) is 17.5. The Balaban J connectivity index is 1.15. The van der Waals surface area contributed by atoms with Crippen molar-refractivity contribution in [3.05, 3.63) is 106 Å². The third-order valence-corrected chi connectivity index (χ3v) is 16.3. The van der Waals surface area contributed by atoms with Gasteiger partial charge in [-0.25, -0.2) is 0 Å². The summed E-state index contributed by atoms with van der Waals surface area (Å²) >= 11 is 9.92. The van der Waals surface area contributed by atoms with Gasteiger partial charge in [0.05, 0.1) is 0 Å². The van der Waals surface area contributed by atoms with E-state index in [9.17, 15) is 34.5 Å². The maximum absolute atomic E-state index is 11.6. The van der Waals surface area contributed by atoms with Crippen LogP contribution in [0.25, 0.3) is 59.9 Å². The largest absolute Gasteiger partial charge is 0.481 e. The standard InChI is InChI=1S/C42H34O7S6/c43-19-1-2-28-22-34(54-41(28)32-12-10-30(52-32)39-26(17-20-50-39)7-14-36(44)45)24-3-5-25(6-4-24)35-23-29(9-16-38(48)49)42(55-35)33-13-11-31(53-33)40-27(18-21-51-40)8-15-37(46)47/h3-6,10-13,17-23H,1-2,7-9,14-16H2,(H,44,45)(H,46,47)(H,48,49). The van der Waals surface area contributed by atoms with Gasteiger partial charge in [0, 0.05) is 74.5 Å². The third-order valence-electron chi connectivity index (χ3n) is 9.03. The number of aliphatic carboxylic acids is 3. The highest BCUT2D eigenvalue weighted by atomic mass is 32.1. The third kappa shape index (κ3) is 9.15. The van der Waals surface area contributed by atoms with Crippen LogP contribution in [0.1, 0.15) is 47.9 Å². The van der Waals surface area contributed by atoms with Gasteiger partial charge in [-0.15, -0.1) is 68.0 Å². The van der Waals surface area contributed by atoms with Crippen LogP contribution in [0.4, 0.5) is 0 Å². The number of benzene rings is 1. The molecule has 3 N–H and O–H groups in total. The zero-order chi connectivity index (χ0) is 38.5. The van der Waals surface area contributed by atoms with Crippen molar-refractivity contribution < 1.29 is 34.5 Å². The summed E-state index contributed by atoms with van der Waals surface area (Å²) < 4.78 is 0. The molecule has 280 valence electrons. The Bertz CT molecular complexity index is 2470. The number of aryl methyl sites for hydroxylation is 4. The lowest BCUT2D eigenvalue weighted by Crippen LogP contribution is -1.97. The monoisotopic (exact) mass is 842 g/mol. The molecule has 6 aromatic heterocycles. The normalized spacial score (nSPS) is 11.3. The number of aldehydes is 1. The highest BCUT2D eigenvalue weighted by Crippen LogP contribution is 2.47. The summed E-state index contributed by atoms with van der Waals surface area (Å²) in [6, 6.07) is 25.1. The predicted octanol–water partition coefficient (Wildman–Crippen LogP) is 12.2. The molecule has 0 saturated carbocycles. The van der Waals surface area contributed by atoms with Crippen molar-refractivity contribution in [3.63, 3.8) is 0 Å². The summed E-state index contributed by atoms with van der Waals surface area (Å²) in [5, 5.41) is 31.9. The van der Waals surface area contributed by atoms with Crippen LogP contribution in [0, 0.1) is 0 Å². The van der Waals surface area contributed by atoms with E-state index in [-0.39, 0.29) is 19.3 Å². The van der Waals surface area contributed by atoms with Crippen LogP contribution in [-0.4, -0.2) is 39.5 Å². The minimum Gasteiger partial charge on any atom is -0.481 e. The summed E-state index contributed by atoms with van der Waals surface area (Å²) in [6.45, 7) is 0. The Morgan fingerprint density at radius 2 is 0.836 bits per heavy atom. The number of carboxylic acid groups (broad SMARTS) is 3. The van der Waals surface area contributed by atoms with Gasteiger partial charge in [-0.1, -0.05) is 24.3 Å². The molecule has 7 nitrogen and oxygen atoms in total. The summed E-state index contributed by atoms with van der Waals surface area (Å²) in [5.74, 6) is -2.47. The van der Waals surface area contributed by atoms with Gasteiger partial charge in [-0.3, -0.25) is 14.4 Å². The first-order chi connectivity index (χ1) is 26.7. The Morgan fingerprint density at radius 1 is 0.455 bits per heavy atom. The molecule has 0 saturated heterocycles. The van der Waals surface area contributed by atoms with Crippen LogP contribution in [-0.2, 0) is 44.9 Å². The van der Waals surface area contributed by atoms with E-state index in [1.165, 1.54) is 0 Å². The molecule has 7 aromatic rings. The van der Waals surface area contributed by atoms with Crippen LogP contribution in [0.15, 0.2) is 83.6 Å². The summed E-state index contributed by atoms with van der Waals surface area (Å²) in [4.78, 5) is 56.3. The van der Waals surface area contributed by atoms with Crippen molar-refractivity contribution in [2.45, 2.75) is 51.4 Å². The summed E-state index contributed by atoms with van der Waals surface area (Å²) in [5.41, 5.74) is 6.29. The molecule has 0 amide bonds. The lowest BCUT2D eigenvalue weighted by Gasteiger charge is -2.01. The second-order valence-corrected chi connectivity index (χ2v) is 18.9. The average molecular weight is 843 g/mol. The quantitative estimate of drug-likeness (QED) is 0.0734. The first kappa shape index (κ1) is 38.8. The van der Waals surface area contributed by atoms with Crippen molar-refractivity contribution in [2.24, 2.45) is 0 Å². The van der Waals surface area contributed by atoms with Crippen molar-refractivity contribution in [2.75, 3.05) is 0 Å². The molecule has 6 heterocycles. The SMILES string of the molecule is O=CCCc1cc(-c2ccc(-c3cc(CCC(=O)O)c(-c4ccc(-c5sccc5CCC(=O)O)s4)s3)cc2)sc1-c1ccc(-c2sccc2CCC(=O)O)s1. The fourth-order valence-corrected chi connectivity index (χ4v) is 13.3. The molecule has 0 unspecified atom stereocenters. The molecule has 1 aromatic carbocycles. The minimum absolute atomic E-state index is 0.0305. The summed E-state index contributed by atoms with van der Waals surface area (Å²) in [7, 11) is 0. The number of hydrogen-bond donors (Lipinski definition) is 3. The molecule has 0 fully saturated rings. The topological polar surface area (TPSA) is 129 Å². The summed E-state index contributed by atoms with van der Waals surface area (Å²) in [6.07, 6.45) is 3.60. The molecule has 7 rings (SSSR count). The number of hydrogen-bond acceptors (Lipinski definition) is 10. The van der Waals surface area contributed by atoms with E-state index in [2.05, 4.69) is 60.7 Å². The Labute approximate surface area is 341 Å². The van der Waals surface area contributed by atoms with E-state index >= 15 is 0 Å². The average Bonchev–Trinajstić information content (AvgIpc) is 4.02. The number of carbonyl (C=O) groups excluding carboxylic acids is 1. The molecule has 13 heteroatoms. The van der Waals surface area contributed by atoms with Gasteiger partial charge in [0.2, 0.25) is 0 Å². The van der Waals surface area contributed by atoms with E-state index in [0.717, 1.165) is 88.4 Å². The molecule has 0 spiro atoms. The van der Waals surface area contributed by atoms with Crippen LogP contribution >= 0.6 is 68.0 Å². The number of thiophene rings is 6. The van der Waals surface area contributed by atoms with E-state index in [1.807, 2.05) is 22.9 Å². The van der Waals surface area contributed by atoms with E-state index < -0.39 is 17.9 Å². The Hall–Kier alpha value is -4.50. The molecular formula is C42H34O7S6. The molecule has 0 atom stereocenters. The van der Waals surface area contributed by atoms with Crippen LogP contribution in [0.3, 0.4) is 0 Å². The van der Waals surface area contributed by atoms with E-state index in [4.69, 9.17) is 0 Å². The van der Waals surface area contributed by atoms with Gasteiger partial charge in [-0.2, -0.15) is 0 Å². The van der Waals surface area contributed by atoms with Crippen molar-refractivity contribution in [1.82, 2.24) is 0 Å². The molecule has 0 aliphatic carbocycles. The first-order valence-electron chi connectivity index (χ1n) is 17.5. The van der Waals surface area contributed by atoms with Gasteiger partial charge < -0.3 is 20.1 Å². The number of carboxylic acids is 3. The van der Waals surface area contributed by atoms with Crippen molar-refractivity contribution >= 4 is 92.2 Å². The number of rotatable bonds is 18. The number of carbonyl (C=O) groups is 4. The smallest absolute Gasteiger partial charge is 0.303 e. The molecule has 0 aliphatic heterocycles. The van der Waals surface area contributed by atoms with Gasteiger partial charge in [0.1, 0.15) is 6.29 Å². The molecular weight excluding hydrogens is 809 g/mol. The van der Waals surface area contributed by atoms with E-state index in [1.54, 1.807) is 68.0 Å². The fraction of sp³-hybridized carbons (Fsp3) is 0.190. The van der Waals surface area contributed by atoms with Crippen molar-refractivity contribution in [3.8, 4) is 59.9 Å². The maximum Gasteiger partial charge on any atom is 0.303 e.